The van der Waals surface area contributed by atoms with E-state index in [1.807, 2.05) is 0 Å². The molecule has 0 aliphatic heterocycles. The lowest BCUT2D eigenvalue weighted by Gasteiger charge is -2.14. The fraction of sp³-hybridized carbons (Fsp3) is 0.214. The van der Waals surface area contributed by atoms with E-state index in [2.05, 4.69) is 36.5 Å². The van der Waals surface area contributed by atoms with Crippen molar-refractivity contribution in [3.05, 3.63) is 40.0 Å². The predicted molar refractivity (Wildman–Crippen MR) is 85.6 cm³/mol. The van der Waals surface area contributed by atoms with Gasteiger partial charge < -0.3 is 15.7 Å². The zero-order chi connectivity index (χ0) is 20.4. The van der Waals surface area contributed by atoms with Crippen LogP contribution in [-0.4, -0.2) is 27.6 Å². The molecule has 6 nitrogen and oxygen atoms in total. The van der Waals surface area contributed by atoms with Crippen LogP contribution in [-0.2, 0) is 17.1 Å². The van der Waals surface area contributed by atoms with Gasteiger partial charge in [0.25, 0.3) is 0 Å². The summed E-state index contributed by atoms with van der Waals surface area (Å²) in [5.74, 6) is -2.36. The summed E-state index contributed by atoms with van der Waals surface area (Å²) in [7, 11) is 0. The average molecular weight is 459 g/mol. The Morgan fingerprint density at radius 2 is 1.74 bits per heavy atom. The third-order valence-corrected chi connectivity index (χ3v) is 3.63. The smallest absolute Gasteiger partial charge is 0.433 e. The van der Waals surface area contributed by atoms with Gasteiger partial charge in [0.1, 0.15) is 12.4 Å². The van der Waals surface area contributed by atoms with Gasteiger partial charge in [-0.3, -0.25) is 4.79 Å². The molecule has 0 radical (unpaired) electrons. The summed E-state index contributed by atoms with van der Waals surface area (Å²) < 4.78 is 76.8. The summed E-state index contributed by atoms with van der Waals surface area (Å²) in [4.78, 5) is 17.4. The molecule has 1 heterocycles. The number of carboxylic acid groups (broad SMARTS) is 1. The van der Waals surface area contributed by atoms with Gasteiger partial charge >= 0.3 is 18.3 Å². The number of hydrogen-bond acceptors (Lipinski definition) is 5. The Hall–Kier alpha value is -2.57. The van der Waals surface area contributed by atoms with Gasteiger partial charge in [0.2, 0.25) is 5.95 Å². The second kappa shape index (κ2) is 7.58. The normalized spacial score (nSPS) is 12.0. The molecule has 0 aliphatic rings. The fourth-order valence-electron chi connectivity index (χ4n) is 1.82. The summed E-state index contributed by atoms with van der Waals surface area (Å²) in [6.45, 7) is -0.731. The summed E-state index contributed by atoms with van der Waals surface area (Å²) in [6.07, 6.45) is -9.44. The summed E-state index contributed by atoms with van der Waals surface area (Å²) in [6, 6.07) is 3.03. The fourth-order valence-corrected chi connectivity index (χ4v) is 2.30. The van der Waals surface area contributed by atoms with Gasteiger partial charge in [0.05, 0.1) is 11.3 Å². The molecule has 0 unspecified atom stereocenters. The van der Waals surface area contributed by atoms with Crippen LogP contribution in [0.15, 0.2) is 28.7 Å². The highest BCUT2D eigenvalue weighted by Gasteiger charge is 2.34. The Morgan fingerprint density at radius 1 is 1.07 bits per heavy atom. The number of benzene rings is 1. The number of carboxylic acids is 1. The van der Waals surface area contributed by atoms with Crippen molar-refractivity contribution >= 4 is 39.4 Å². The lowest BCUT2D eigenvalue weighted by Crippen LogP contribution is -2.17. The van der Waals surface area contributed by atoms with E-state index in [9.17, 15) is 31.1 Å². The quantitative estimate of drug-likeness (QED) is 0.571. The first-order valence-corrected chi connectivity index (χ1v) is 7.71. The highest BCUT2D eigenvalue weighted by Crippen LogP contribution is 2.35. The molecular weight excluding hydrogens is 450 g/mol. The van der Waals surface area contributed by atoms with Crippen LogP contribution < -0.4 is 10.6 Å². The molecule has 27 heavy (non-hydrogen) atoms. The largest absolute Gasteiger partial charge is 0.480 e. The number of nitrogens with one attached hydrogen (secondary N) is 2. The van der Waals surface area contributed by atoms with Crippen molar-refractivity contribution < 1.29 is 36.2 Å². The van der Waals surface area contributed by atoms with E-state index in [4.69, 9.17) is 5.11 Å². The number of rotatable bonds is 5. The third-order valence-electron chi connectivity index (χ3n) is 2.97. The van der Waals surface area contributed by atoms with E-state index in [0.717, 1.165) is 18.2 Å². The van der Waals surface area contributed by atoms with Gasteiger partial charge in [0.15, 0.2) is 5.69 Å². The number of anilines is 3. The summed E-state index contributed by atoms with van der Waals surface area (Å²) in [5.41, 5.74) is -2.31. The third kappa shape index (κ3) is 5.70. The molecule has 0 atom stereocenters. The molecule has 2 rings (SSSR count). The number of halogens is 7. The molecule has 1 aromatic heterocycles. The Balaban J connectivity index is 2.37. The Kier molecular flexibility index (Phi) is 5.82. The van der Waals surface area contributed by atoms with Gasteiger partial charge in [-0.2, -0.15) is 31.3 Å². The van der Waals surface area contributed by atoms with E-state index >= 15 is 0 Å². The predicted octanol–water partition coefficient (Wildman–Crippen LogP) is 4.52. The van der Waals surface area contributed by atoms with Crippen molar-refractivity contribution in [3.63, 3.8) is 0 Å². The number of alkyl halides is 6. The van der Waals surface area contributed by atoms with E-state index in [-0.39, 0.29) is 10.2 Å². The zero-order valence-electron chi connectivity index (χ0n) is 12.9. The number of nitrogens with zero attached hydrogens (tertiary/aromatic N) is 2. The average Bonchev–Trinajstić information content (AvgIpc) is 2.53. The maximum atomic E-state index is 13.0. The van der Waals surface area contributed by atoms with E-state index in [1.54, 1.807) is 0 Å². The van der Waals surface area contributed by atoms with Crippen molar-refractivity contribution in [1.29, 1.82) is 0 Å². The highest BCUT2D eigenvalue weighted by atomic mass is 79.9. The molecule has 0 fully saturated rings. The lowest BCUT2D eigenvalue weighted by atomic mass is 10.2. The van der Waals surface area contributed by atoms with Crippen molar-refractivity contribution in [2.24, 2.45) is 0 Å². The molecule has 0 amide bonds. The van der Waals surface area contributed by atoms with Crippen LogP contribution in [0.5, 0.6) is 0 Å². The first-order chi connectivity index (χ1) is 12.4. The zero-order valence-corrected chi connectivity index (χ0v) is 14.5. The SMILES string of the molecule is O=C(O)CNc1nc(Nc2ccc(C(F)(F)F)cc2Br)cc(C(F)(F)F)n1. The second-order valence-electron chi connectivity index (χ2n) is 5.02. The molecule has 1 aromatic carbocycles. The minimum Gasteiger partial charge on any atom is -0.480 e. The molecule has 2 aromatic rings. The maximum absolute atomic E-state index is 13.0. The van der Waals surface area contributed by atoms with Crippen molar-refractivity contribution in [2.75, 3.05) is 17.2 Å². The maximum Gasteiger partial charge on any atom is 0.433 e. The Morgan fingerprint density at radius 3 is 2.26 bits per heavy atom. The molecule has 0 bridgehead atoms. The monoisotopic (exact) mass is 458 g/mol. The van der Waals surface area contributed by atoms with Crippen LogP contribution in [0.25, 0.3) is 0 Å². The van der Waals surface area contributed by atoms with Crippen LogP contribution in [0.4, 0.5) is 43.8 Å². The Labute approximate surface area is 155 Å². The van der Waals surface area contributed by atoms with Gasteiger partial charge in [-0.1, -0.05) is 0 Å². The molecule has 146 valence electrons. The van der Waals surface area contributed by atoms with Crippen molar-refractivity contribution in [3.8, 4) is 0 Å². The van der Waals surface area contributed by atoms with Crippen LogP contribution in [0.3, 0.4) is 0 Å². The van der Waals surface area contributed by atoms with Crippen LogP contribution in [0.1, 0.15) is 11.3 Å². The van der Waals surface area contributed by atoms with Gasteiger partial charge in [-0.15, -0.1) is 0 Å². The van der Waals surface area contributed by atoms with E-state index < -0.39 is 47.9 Å². The van der Waals surface area contributed by atoms with E-state index in [1.165, 1.54) is 0 Å². The lowest BCUT2D eigenvalue weighted by molar-refractivity contribution is -0.141. The first kappa shape index (κ1) is 20.7. The number of aliphatic carboxylic acids is 1. The van der Waals surface area contributed by atoms with Crippen LogP contribution >= 0.6 is 15.9 Å². The highest BCUT2D eigenvalue weighted by molar-refractivity contribution is 9.10. The van der Waals surface area contributed by atoms with Crippen molar-refractivity contribution in [1.82, 2.24) is 9.97 Å². The molecular formula is C14H9BrF6N4O2. The van der Waals surface area contributed by atoms with Gasteiger partial charge in [-0.05, 0) is 34.1 Å². The van der Waals surface area contributed by atoms with Gasteiger partial charge in [0, 0.05) is 10.5 Å². The number of aromatic nitrogens is 2. The molecule has 3 N–H and O–H groups in total. The number of hydrogen-bond donors (Lipinski definition) is 3. The topological polar surface area (TPSA) is 87.1 Å². The standard InChI is InChI=1S/C14H9BrF6N4O2/c15-7-3-6(13(16,17)18)1-2-8(7)23-10-4-9(14(19,20)21)24-12(25-10)22-5-11(26)27/h1-4H,5H2,(H,26,27)(H2,22,23,24,25). The van der Waals surface area contributed by atoms with Gasteiger partial charge in [-0.25, -0.2) is 4.98 Å². The van der Waals surface area contributed by atoms with Crippen LogP contribution in [0, 0.1) is 0 Å². The minimum atomic E-state index is -4.85. The minimum absolute atomic E-state index is 0.0130. The molecule has 0 saturated heterocycles. The molecule has 13 heteroatoms. The molecule has 0 saturated carbocycles. The van der Waals surface area contributed by atoms with Crippen molar-refractivity contribution in [2.45, 2.75) is 12.4 Å². The molecule has 0 spiro atoms. The van der Waals surface area contributed by atoms with Crippen LogP contribution in [0.2, 0.25) is 0 Å². The molecule has 0 aliphatic carbocycles. The summed E-state index contributed by atoms with van der Waals surface area (Å²) >= 11 is 2.90. The number of carbonyl (C=O) groups is 1. The first-order valence-electron chi connectivity index (χ1n) is 6.92. The summed E-state index contributed by atoms with van der Waals surface area (Å²) in [5, 5.41) is 13.1. The van der Waals surface area contributed by atoms with E-state index in [0.29, 0.717) is 6.07 Å². The second-order valence-corrected chi connectivity index (χ2v) is 5.88. The Bertz CT molecular complexity index is 856.